The van der Waals surface area contributed by atoms with Gasteiger partial charge in [0.05, 0.1) is 4.34 Å². The topological polar surface area (TPSA) is 46.2 Å². The molecule has 1 saturated carbocycles. The third kappa shape index (κ3) is 4.51. The smallest absolute Gasteiger partial charge is 0.207 e. The second-order valence-corrected chi connectivity index (χ2v) is 12.1. The molecule has 3 nitrogen and oxygen atoms in total. The highest BCUT2D eigenvalue weighted by Gasteiger charge is 2.41. The van der Waals surface area contributed by atoms with E-state index < -0.39 is 10.0 Å². The summed E-state index contributed by atoms with van der Waals surface area (Å²) in [6, 6.07) is 20.2. The Hall–Kier alpha value is -1.92. The lowest BCUT2D eigenvalue weighted by atomic mass is 9.92. The van der Waals surface area contributed by atoms with Gasteiger partial charge in [0.25, 0.3) is 0 Å². The van der Waals surface area contributed by atoms with Crippen molar-refractivity contribution >= 4 is 45.1 Å². The molecule has 0 radical (unpaired) electrons. The Kier molecular flexibility index (Phi) is 5.78. The van der Waals surface area contributed by atoms with E-state index in [2.05, 4.69) is 47.2 Å². The number of benzene rings is 2. The van der Waals surface area contributed by atoms with Gasteiger partial charge in [0, 0.05) is 6.04 Å². The Balaban J connectivity index is 1.36. The molecule has 0 spiro atoms. The summed E-state index contributed by atoms with van der Waals surface area (Å²) in [4.78, 5) is 0. The van der Waals surface area contributed by atoms with Gasteiger partial charge in [0.1, 0.15) is 4.21 Å². The minimum atomic E-state index is -3.54. The Morgan fingerprint density at radius 2 is 1.58 bits per heavy atom. The molecule has 6 heteroatoms. The van der Waals surface area contributed by atoms with Crippen LogP contribution in [-0.2, 0) is 22.9 Å². The molecule has 3 aromatic rings. The van der Waals surface area contributed by atoms with Crippen LogP contribution < -0.4 is 4.72 Å². The molecule has 1 N–H and O–H groups in total. The van der Waals surface area contributed by atoms with Crippen LogP contribution in [0.25, 0.3) is 12.2 Å². The predicted octanol–water partition coefficient (Wildman–Crippen LogP) is 6.04. The summed E-state index contributed by atoms with van der Waals surface area (Å²) in [5, 5.41) is 0. The number of thiophene rings is 1. The molecule has 0 aliphatic heterocycles. The van der Waals surface area contributed by atoms with E-state index in [1.54, 1.807) is 12.1 Å². The molecular weight excluding hydrogens is 446 g/mol. The van der Waals surface area contributed by atoms with Crippen molar-refractivity contribution in [2.45, 2.75) is 35.9 Å². The van der Waals surface area contributed by atoms with Gasteiger partial charge in [-0.2, -0.15) is 0 Å². The van der Waals surface area contributed by atoms with Crippen LogP contribution in [0, 0.1) is 11.8 Å². The summed E-state index contributed by atoms with van der Waals surface area (Å²) in [7, 11) is -3.54. The maximum absolute atomic E-state index is 12.9. The molecule has 3 unspecified atom stereocenters. The maximum atomic E-state index is 12.9. The maximum Gasteiger partial charge on any atom is 0.250 e. The van der Waals surface area contributed by atoms with E-state index in [1.807, 2.05) is 18.2 Å². The summed E-state index contributed by atoms with van der Waals surface area (Å²) in [5.41, 5.74) is 5.07. The van der Waals surface area contributed by atoms with Crippen molar-refractivity contribution in [1.29, 1.82) is 0 Å². The average molecular weight is 470 g/mol. The molecule has 31 heavy (non-hydrogen) atoms. The molecule has 2 aliphatic rings. The largest absolute Gasteiger partial charge is 0.250 e. The summed E-state index contributed by atoms with van der Waals surface area (Å²) in [6.45, 7) is 0. The third-order valence-corrected chi connectivity index (χ3v) is 9.67. The minimum Gasteiger partial charge on any atom is -0.207 e. The van der Waals surface area contributed by atoms with Crippen LogP contribution in [-0.4, -0.2) is 14.5 Å². The zero-order valence-corrected chi connectivity index (χ0v) is 19.4. The van der Waals surface area contributed by atoms with Gasteiger partial charge in [0.2, 0.25) is 10.0 Å². The lowest BCUT2D eigenvalue weighted by Gasteiger charge is -2.23. The lowest BCUT2D eigenvalue weighted by Crippen LogP contribution is -2.41. The van der Waals surface area contributed by atoms with Crippen LogP contribution in [0.4, 0.5) is 0 Å². The second-order valence-electron chi connectivity index (χ2n) is 8.48. The Morgan fingerprint density at radius 1 is 0.871 bits per heavy atom. The van der Waals surface area contributed by atoms with E-state index in [0.29, 0.717) is 20.4 Å². The minimum absolute atomic E-state index is 0.0263. The van der Waals surface area contributed by atoms with Crippen molar-refractivity contribution in [3.05, 3.63) is 87.3 Å². The molecule has 0 saturated heterocycles. The molecule has 1 aromatic heterocycles. The van der Waals surface area contributed by atoms with Crippen molar-refractivity contribution in [3.63, 3.8) is 0 Å². The van der Waals surface area contributed by atoms with E-state index in [-0.39, 0.29) is 6.04 Å². The molecule has 2 aromatic carbocycles. The lowest BCUT2D eigenvalue weighted by molar-refractivity contribution is 0.386. The SMILES string of the molecule is O=S(=O)(NC1C2CCC1Cc1cc(C=Cc3ccccc3)ccc1C2)c1ccc(Cl)s1. The van der Waals surface area contributed by atoms with Gasteiger partial charge in [-0.05, 0) is 71.9 Å². The monoisotopic (exact) mass is 469 g/mol. The molecule has 1 fully saturated rings. The van der Waals surface area contributed by atoms with Crippen LogP contribution in [0.2, 0.25) is 4.34 Å². The normalized spacial score (nSPS) is 23.1. The first-order valence-electron chi connectivity index (χ1n) is 10.6. The highest BCUT2D eigenvalue weighted by molar-refractivity contribution is 7.91. The van der Waals surface area contributed by atoms with Crippen LogP contribution in [0.5, 0.6) is 0 Å². The van der Waals surface area contributed by atoms with E-state index in [4.69, 9.17) is 11.6 Å². The number of fused-ring (bicyclic) bond motifs is 3. The highest BCUT2D eigenvalue weighted by Crippen LogP contribution is 2.41. The first-order chi connectivity index (χ1) is 15.0. The van der Waals surface area contributed by atoms with Crippen molar-refractivity contribution in [3.8, 4) is 0 Å². The van der Waals surface area contributed by atoms with Crippen molar-refractivity contribution < 1.29 is 8.42 Å². The van der Waals surface area contributed by atoms with Gasteiger partial charge in [-0.3, -0.25) is 0 Å². The summed E-state index contributed by atoms with van der Waals surface area (Å²) < 4.78 is 29.7. The standard InChI is InChI=1S/C25H24ClNO2S2/c26-23-12-13-24(30-23)31(28,29)27-25-20-10-11-21(25)16-22-14-18(8-9-19(22)15-20)7-6-17-4-2-1-3-5-17/h1-9,12-14,20-21,25,27H,10-11,15-16H2. The number of halogens is 1. The van der Waals surface area contributed by atoms with Crippen molar-refractivity contribution in [1.82, 2.24) is 4.72 Å². The Morgan fingerprint density at radius 3 is 2.29 bits per heavy atom. The average Bonchev–Trinajstić information content (AvgIpc) is 3.31. The summed E-state index contributed by atoms with van der Waals surface area (Å²) in [5.74, 6) is 0.659. The number of rotatable bonds is 5. The summed E-state index contributed by atoms with van der Waals surface area (Å²) in [6.07, 6.45) is 8.25. The molecule has 160 valence electrons. The first-order valence-corrected chi connectivity index (χ1v) is 13.3. The Bertz CT molecular complexity index is 1220. The van der Waals surface area contributed by atoms with Gasteiger partial charge in [-0.1, -0.05) is 72.3 Å². The molecule has 2 bridgehead atoms. The molecule has 5 rings (SSSR count). The molecule has 2 aliphatic carbocycles. The number of hydrogen-bond donors (Lipinski definition) is 1. The van der Waals surface area contributed by atoms with Gasteiger partial charge < -0.3 is 0 Å². The van der Waals surface area contributed by atoms with Crippen LogP contribution in [0.3, 0.4) is 0 Å². The van der Waals surface area contributed by atoms with Gasteiger partial charge in [-0.25, -0.2) is 13.1 Å². The fourth-order valence-electron chi connectivity index (χ4n) is 4.96. The van der Waals surface area contributed by atoms with E-state index in [9.17, 15) is 8.42 Å². The van der Waals surface area contributed by atoms with Gasteiger partial charge in [0.15, 0.2) is 0 Å². The first kappa shape index (κ1) is 21.0. The zero-order valence-electron chi connectivity index (χ0n) is 17.0. The van der Waals surface area contributed by atoms with E-state index >= 15 is 0 Å². The van der Waals surface area contributed by atoms with E-state index in [0.717, 1.165) is 37.0 Å². The Labute approximate surface area is 192 Å². The molecule has 0 amide bonds. The molecule has 1 heterocycles. The molecule has 3 atom stereocenters. The number of sulfonamides is 1. The van der Waals surface area contributed by atoms with Crippen LogP contribution in [0.1, 0.15) is 35.1 Å². The van der Waals surface area contributed by atoms with Gasteiger partial charge >= 0.3 is 0 Å². The molecular formula is C25H24ClNO2S2. The zero-order chi connectivity index (χ0) is 21.4. The third-order valence-electron chi connectivity index (χ3n) is 6.49. The quantitative estimate of drug-likeness (QED) is 0.463. The van der Waals surface area contributed by atoms with Crippen molar-refractivity contribution in [2.75, 3.05) is 0 Å². The fourth-order valence-corrected chi connectivity index (χ4v) is 7.84. The highest BCUT2D eigenvalue weighted by atomic mass is 35.5. The predicted molar refractivity (Wildman–Crippen MR) is 129 cm³/mol. The van der Waals surface area contributed by atoms with Crippen LogP contribution >= 0.6 is 22.9 Å². The van der Waals surface area contributed by atoms with Gasteiger partial charge in [-0.15, -0.1) is 11.3 Å². The van der Waals surface area contributed by atoms with Crippen LogP contribution in [0.15, 0.2) is 64.9 Å². The summed E-state index contributed by atoms with van der Waals surface area (Å²) >= 11 is 7.08. The van der Waals surface area contributed by atoms with E-state index in [1.165, 1.54) is 22.3 Å². The van der Waals surface area contributed by atoms with Crippen molar-refractivity contribution in [2.24, 2.45) is 11.8 Å². The number of nitrogens with one attached hydrogen (secondary N) is 1. The fraction of sp³-hybridized carbons (Fsp3) is 0.280. The second kappa shape index (κ2) is 8.55. The number of hydrogen-bond acceptors (Lipinski definition) is 3.